The molecule has 0 saturated carbocycles. The lowest BCUT2D eigenvalue weighted by atomic mass is 10.1. The Hall–Kier alpha value is -3.22. The van der Waals surface area contributed by atoms with Gasteiger partial charge in [-0.05, 0) is 42.8 Å². The quantitative estimate of drug-likeness (QED) is 0.514. The van der Waals surface area contributed by atoms with Crippen LogP contribution in [-0.2, 0) is 0 Å². The van der Waals surface area contributed by atoms with Crippen LogP contribution in [0.2, 0.25) is 0 Å². The van der Waals surface area contributed by atoms with Crippen LogP contribution in [0.3, 0.4) is 0 Å². The fourth-order valence-corrected chi connectivity index (χ4v) is 1.79. The number of para-hydroxylation sites is 1. The summed E-state index contributed by atoms with van der Waals surface area (Å²) in [5.41, 5.74) is 3.16. The largest absolute Gasteiger partial charge is 0.508 e. The van der Waals surface area contributed by atoms with Gasteiger partial charge in [0.2, 0.25) is 0 Å². The van der Waals surface area contributed by atoms with Gasteiger partial charge in [-0.15, -0.1) is 0 Å². The number of rotatable bonds is 4. The number of nitro groups is 1. The summed E-state index contributed by atoms with van der Waals surface area (Å²) < 4.78 is 0. The molecule has 7 heteroatoms. The monoisotopic (exact) mass is 299 g/mol. The van der Waals surface area contributed by atoms with Crippen LogP contribution in [0.15, 0.2) is 53.6 Å². The third kappa shape index (κ3) is 3.45. The van der Waals surface area contributed by atoms with E-state index in [1.54, 1.807) is 25.1 Å². The van der Waals surface area contributed by atoms with E-state index >= 15 is 0 Å². The molecule has 0 saturated heterocycles. The fourth-order valence-electron chi connectivity index (χ4n) is 1.79. The van der Waals surface area contributed by atoms with Crippen molar-refractivity contribution >= 4 is 17.3 Å². The van der Waals surface area contributed by atoms with E-state index in [9.17, 15) is 20.0 Å². The highest BCUT2D eigenvalue weighted by atomic mass is 16.6. The summed E-state index contributed by atoms with van der Waals surface area (Å²) in [5, 5.41) is 24.0. The smallest absolute Gasteiger partial charge is 0.282 e. The highest BCUT2D eigenvalue weighted by Crippen LogP contribution is 2.17. The molecule has 112 valence electrons. The van der Waals surface area contributed by atoms with E-state index in [0.717, 1.165) is 0 Å². The van der Waals surface area contributed by atoms with Crippen LogP contribution in [0.25, 0.3) is 0 Å². The first kappa shape index (κ1) is 15.2. The van der Waals surface area contributed by atoms with Crippen LogP contribution in [0.4, 0.5) is 5.69 Å². The summed E-state index contributed by atoms with van der Waals surface area (Å²) in [6, 6.07) is 11.9. The standard InChI is InChI=1S/C15H13N3O4/c1-10(11-6-8-12(19)9-7-11)16-17-15(20)13-4-2-3-5-14(13)18(21)22/h2-9,19H,1H3,(H,17,20). The van der Waals surface area contributed by atoms with Crippen LogP contribution in [-0.4, -0.2) is 21.6 Å². The molecule has 0 atom stereocenters. The highest BCUT2D eigenvalue weighted by Gasteiger charge is 2.18. The van der Waals surface area contributed by atoms with Gasteiger partial charge in [0.25, 0.3) is 11.6 Å². The summed E-state index contributed by atoms with van der Waals surface area (Å²) >= 11 is 0. The van der Waals surface area contributed by atoms with Crippen molar-refractivity contribution in [1.82, 2.24) is 5.43 Å². The summed E-state index contributed by atoms with van der Waals surface area (Å²) in [7, 11) is 0. The van der Waals surface area contributed by atoms with Crippen molar-refractivity contribution in [2.24, 2.45) is 5.10 Å². The molecule has 7 nitrogen and oxygen atoms in total. The second-order valence-corrected chi connectivity index (χ2v) is 4.46. The molecule has 0 aliphatic carbocycles. The number of aromatic hydroxyl groups is 1. The second kappa shape index (κ2) is 6.49. The summed E-state index contributed by atoms with van der Waals surface area (Å²) in [6.45, 7) is 1.67. The molecule has 0 heterocycles. The van der Waals surface area contributed by atoms with E-state index in [2.05, 4.69) is 10.5 Å². The third-order valence-corrected chi connectivity index (χ3v) is 2.96. The van der Waals surface area contributed by atoms with Crippen LogP contribution in [0.1, 0.15) is 22.8 Å². The fraction of sp³-hybridized carbons (Fsp3) is 0.0667. The maximum absolute atomic E-state index is 12.0. The van der Waals surface area contributed by atoms with E-state index in [-0.39, 0.29) is 17.0 Å². The molecule has 0 aliphatic rings. The number of benzene rings is 2. The molecule has 0 fully saturated rings. The molecule has 0 aromatic heterocycles. The van der Waals surface area contributed by atoms with Crippen molar-refractivity contribution in [2.75, 3.05) is 0 Å². The van der Waals surface area contributed by atoms with Crippen LogP contribution in [0, 0.1) is 10.1 Å². The molecule has 2 aromatic carbocycles. The molecular weight excluding hydrogens is 286 g/mol. The maximum Gasteiger partial charge on any atom is 0.282 e. The molecule has 22 heavy (non-hydrogen) atoms. The Morgan fingerprint density at radius 3 is 2.45 bits per heavy atom. The number of hydrogen-bond acceptors (Lipinski definition) is 5. The van der Waals surface area contributed by atoms with Gasteiger partial charge in [0, 0.05) is 6.07 Å². The van der Waals surface area contributed by atoms with Crippen LogP contribution >= 0.6 is 0 Å². The van der Waals surface area contributed by atoms with Gasteiger partial charge in [0.1, 0.15) is 11.3 Å². The Morgan fingerprint density at radius 1 is 1.18 bits per heavy atom. The normalized spacial score (nSPS) is 11.0. The Morgan fingerprint density at radius 2 is 1.82 bits per heavy atom. The Balaban J connectivity index is 2.17. The molecule has 0 spiro atoms. The summed E-state index contributed by atoms with van der Waals surface area (Å²) in [5.74, 6) is -0.536. The Kier molecular flexibility index (Phi) is 4.47. The number of amides is 1. The molecule has 0 bridgehead atoms. The first-order chi connectivity index (χ1) is 10.5. The first-order valence-corrected chi connectivity index (χ1v) is 6.36. The van der Waals surface area contributed by atoms with Crippen molar-refractivity contribution in [3.8, 4) is 5.75 Å². The minimum atomic E-state index is -0.662. The molecule has 2 aromatic rings. The van der Waals surface area contributed by atoms with Gasteiger partial charge in [-0.1, -0.05) is 12.1 Å². The number of nitro benzene ring substituents is 1. The average molecular weight is 299 g/mol. The molecular formula is C15H13N3O4. The molecule has 0 unspecified atom stereocenters. The van der Waals surface area contributed by atoms with Crippen molar-refractivity contribution < 1.29 is 14.8 Å². The molecule has 2 N–H and O–H groups in total. The second-order valence-electron chi connectivity index (χ2n) is 4.46. The minimum Gasteiger partial charge on any atom is -0.508 e. The van der Waals surface area contributed by atoms with Gasteiger partial charge in [-0.3, -0.25) is 14.9 Å². The lowest BCUT2D eigenvalue weighted by Gasteiger charge is -2.04. The van der Waals surface area contributed by atoms with E-state index in [0.29, 0.717) is 11.3 Å². The zero-order chi connectivity index (χ0) is 16.1. The van der Waals surface area contributed by atoms with Crippen molar-refractivity contribution in [2.45, 2.75) is 6.92 Å². The Bertz CT molecular complexity index is 739. The van der Waals surface area contributed by atoms with Gasteiger partial charge in [-0.2, -0.15) is 5.10 Å². The Labute approximate surface area is 126 Å². The number of hydrogen-bond donors (Lipinski definition) is 2. The maximum atomic E-state index is 12.0. The van der Waals surface area contributed by atoms with Crippen molar-refractivity contribution in [1.29, 1.82) is 0 Å². The highest BCUT2D eigenvalue weighted by molar-refractivity contribution is 6.02. The van der Waals surface area contributed by atoms with Gasteiger partial charge >= 0.3 is 0 Å². The number of carbonyl (C=O) groups is 1. The number of nitrogens with zero attached hydrogens (tertiary/aromatic N) is 2. The zero-order valence-electron chi connectivity index (χ0n) is 11.7. The van der Waals surface area contributed by atoms with E-state index < -0.39 is 10.8 Å². The lowest BCUT2D eigenvalue weighted by molar-refractivity contribution is -0.385. The number of phenols is 1. The zero-order valence-corrected chi connectivity index (χ0v) is 11.7. The number of nitrogens with one attached hydrogen (secondary N) is 1. The van der Waals surface area contributed by atoms with E-state index in [4.69, 9.17) is 0 Å². The lowest BCUT2D eigenvalue weighted by Crippen LogP contribution is -2.20. The van der Waals surface area contributed by atoms with Gasteiger partial charge < -0.3 is 5.11 Å². The third-order valence-electron chi connectivity index (χ3n) is 2.96. The van der Waals surface area contributed by atoms with Gasteiger partial charge in [0.05, 0.1) is 10.6 Å². The van der Waals surface area contributed by atoms with Gasteiger partial charge in [0.15, 0.2) is 0 Å². The SMILES string of the molecule is CC(=NNC(=O)c1ccccc1[N+](=O)[O-])c1ccc(O)cc1. The predicted octanol–water partition coefficient (Wildman–Crippen LogP) is 2.45. The van der Waals surface area contributed by atoms with E-state index in [1.165, 1.54) is 30.3 Å². The topological polar surface area (TPSA) is 105 Å². The summed E-state index contributed by atoms with van der Waals surface area (Å²) in [4.78, 5) is 22.3. The van der Waals surface area contributed by atoms with Gasteiger partial charge in [-0.25, -0.2) is 5.43 Å². The molecule has 0 aliphatic heterocycles. The predicted molar refractivity (Wildman–Crippen MR) is 80.9 cm³/mol. The molecule has 2 rings (SSSR count). The number of carbonyl (C=O) groups excluding carboxylic acids is 1. The first-order valence-electron chi connectivity index (χ1n) is 6.36. The number of phenolic OH excluding ortho intramolecular Hbond substituents is 1. The summed E-state index contributed by atoms with van der Waals surface area (Å²) in [6.07, 6.45) is 0. The van der Waals surface area contributed by atoms with Crippen LogP contribution in [0.5, 0.6) is 5.75 Å². The van der Waals surface area contributed by atoms with E-state index in [1.807, 2.05) is 0 Å². The average Bonchev–Trinajstić information content (AvgIpc) is 2.53. The minimum absolute atomic E-state index is 0.0604. The molecule has 1 amide bonds. The van der Waals surface area contributed by atoms with Crippen molar-refractivity contribution in [3.63, 3.8) is 0 Å². The van der Waals surface area contributed by atoms with Crippen LogP contribution < -0.4 is 5.43 Å². The molecule has 0 radical (unpaired) electrons. The number of hydrazone groups is 1. The van der Waals surface area contributed by atoms with Crippen molar-refractivity contribution in [3.05, 3.63) is 69.8 Å².